The number of hydrogen-bond acceptors (Lipinski definition) is 4. The number of carbonyl (C=O) groups excluding carboxylic acids is 3. The van der Waals surface area contributed by atoms with Crippen LogP contribution in [0.1, 0.15) is 44.9 Å². The number of hydrazine groups is 1. The van der Waals surface area contributed by atoms with Gasteiger partial charge in [-0.25, -0.2) is 0 Å². The summed E-state index contributed by atoms with van der Waals surface area (Å²) in [4.78, 5) is 37.3. The maximum Gasteiger partial charge on any atom is 0.273 e. The van der Waals surface area contributed by atoms with Gasteiger partial charge in [0.2, 0.25) is 0 Å². The van der Waals surface area contributed by atoms with E-state index in [-0.39, 0.29) is 5.91 Å². The summed E-state index contributed by atoms with van der Waals surface area (Å²) in [5.74, 6) is -0.523. The fourth-order valence-corrected chi connectivity index (χ4v) is 3.17. The average molecular weight is 510 g/mol. The standard InChI is InChI=1S/C25H24BrN3O4/c1-16(2)15-33-22-13-10-19(26)14-21(22)25(32)29-28-24(31)18-8-11-20(12-9-18)27-23(30)17-6-4-3-5-7-17/h3-14,16H,15H2,1-2H3,(H,27,30)(H,28,31)(H,29,32). The van der Waals surface area contributed by atoms with Crippen molar-refractivity contribution in [1.29, 1.82) is 0 Å². The van der Waals surface area contributed by atoms with Crippen molar-refractivity contribution in [2.24, 2.45) is 5.92 Å². The van der Waals surface area contributed by atoms with Gasteiger partial charge in [0.25, 0.3) is 17.7 Å². The maximum atomic E-state index is 12.6. The monoisotopic (exact) mass is 509 g/mol. The topological polar surface area (TPSA) is 96.5 Å². The number of benzene rings is 3. The molecule has 3 amide bonds. The molecule has 0 bridgehead atoms. The largest absolute Gasteiger partial charge is 0.492 e. The number of anilines is 1. The van der Waals surface area contributed by atoms with Gasteiger partial charge < -0.3 is 10.1 Å². The van der Waals surface area contributed by atoms with E-state index in [0.717, 1.165) is 0 Å². The maximum absolute atomic E-state index is 12.6. The van der Waals surface area contributed by atoms with Crippen LogP contribution in [-0.4, -0.2) is 24.3 Å². The predicted molar refractivity (Wildman–Crippen MR) is 130 cm³/mol. The van der Waals surface area contributed by atoms with E-state index in [4.69, 9.17) is 4.74 Å². The van der Waals surface area contributed by atoms with Crippen LogP contribution in [-0.2, 0) is 0 Å². The van der Waals surface area contributed by atoms with E-state index >= 15 is 0 Å². The van der Waals surface area contributed by atoms with Gasteiger partial charge in [0, 0.05) is 21.3 Å². The van der Waals surface area contributed by atoms with Crippen LogP contribution in [0.15, 0.2) is 77.3 Å². The van der Waals surface area contributed by atoms with Crippen molar-refractivity contribution in [3.63, 3.8) is 0 Å². The SMILES string of the molecule is CC(C)COc1ccc(Br)cc1C(=O)NNC(=O)c1ccc(NC(=O)c2ccccc2)cc1. The molecule has 0 aromatic heterocycles. The molecule has 3 aromatic carbocycles. The average Bonchev–Trinajstić information content (AvgIpc) is 2.82. The molecular weight excluding hydrogens is 486 g/mol. The Bertz CT molecular complexity index is 1130. The van der Waals surface area contributed by atoms with Gasteiger partial charge in [-0.1, -0.05) is 48.0 Å². The van der Waals surface area contributed by atoms with Gasteiger partial charge in [-0.2, -0.15) is 0 Å². The van der Waals surface area contributed by atoms with Crippen LogP contribution < -0.4 is 20.9 Å². The Morgan fingerprint density at radius 3 is 2.12 bits per heavy atom. The van der Waals surface area contributed by atoms with Crippen molar-refractivity contribution in [3.8, 4) is 5.75 Å². The third kappa shape index (κ3) is 6.92. The number of rotatable bonds is 7. The number of hydrogen-bond donors (Lipinski definition) is 3. The molecule has 0 unspecified atom stereocenters. The lowest BCUT2D eigenvalue weighted by molar-refractivity contribution is 0.0844. The first-order chi connectivity index (χ1) is 15.8. The molecule has 0 atom stereocenters. The minimum atomic E-state index is -0.504. The van der Waals surface area contributed by atoms with Crippen LogP contribution in [0, 0.1) is 5.92 Å². The minimum Gasteiger partial charge on any atom is -0.492 e. The first-order valence-corrected chi connectivity index (χ1v) is 11.1. The third-order valence-corrected chi connectivity index (χ3v) is 4.98. The molecule has 170 valence electrons. The van der Waals surface area contributed by atoms with Crippen LogP contribution >= 0.6 is 15.9 Å². The Morgan fingerprint density at radius 2 is 1.45 bits per heavy atom. The van der Waals surface area contributed by atoms with Crippen LogP contribution in [0.2, 0.25) is 0 Å². The molecule has 0 saturated heterocycles. The highest BCUT2D eigenvalue weighted by Crippen LogP contribution is 2.23. The first kappa shape index (κ1) is 24.0. The molecule has 0 spiro atoms. The van der Waals surface area contributed by atoms with Gasteiger partial charge in [-0.15, -0.1) is 0 Å². The fourth-order valence-electron chi connectivity index (χ4n) is 2.81. The Kier molecular flexibility index (Phi) is 8.21. The summed E-state index contributed by atoms with van der Waals surface area (Å²) in [6.45, 7) is 4.48. The van der Waals surface area contributed by atoms with E-state index in [1.807, 2.05) is 19.9 Å². The van der Waals surface area contributed by atoms with Crippen LogP contribution in [0.3, 0.4) is 0 Å². The smallest absolute Gasteiger partial charge is 0.273 e. The van der Waals surface area contributed by atoms with E-state index in [1.54, 1.807) is 66.7 Å². The van der Waals surface area contributed by atoms with Gasteiger partial charge in [-0.3, -0.25) is 25.2 Å². The molecule has 0 aliphatic heterocycles. The molecule has 3 rings (SSSR count). The molecule has 0 saturated carbocycles. The molecule has 7 nitrogen and oxygen atoms in total. The first-order valence-electron chi connectivity index (χ1n) is 10.3. The zero-order valence-corrected chi connectivity index (χ0v) is 19.8. The van der Waals surface area contributed by atoms with Crippen LogP contribution in [0.25, 0.3) is 0 Å². The number of carbonyl (C=O) groups is 3. The molecule has 0 heterocycles. The minimum absolute atomic E-state index is 0.246. The third-order valence-electron chi connectivity index (χ3n) is 4.49. The summed E-state index contributed by atoms with van der Waals surface area (Å²) in [6.07, 6.45) is 0. The highest BCUT2D eigenvalue weighted by molar-refractivity contribution is 9.10. The van der Waals surface area contributed by atoms with Crippen molar-refractivity contribution in [3.05, 3.63) is 94.0 Å². The molecule has 8 heteroatoms. The highest BCUT2D eigenvalue weighted by atomic mass is 79.9. The van der Waals surface area contributed by atoms with E-state index in [0.29, 0.717) is 45.1 Å². The second kappa shape index (κ2) is 11.3. The quantitative estimate of drug-likeness (QED) is 0.398. The van der Waals surface area contributed by atoms with Crippen molar-refractivity contribution in [2.75, 3.05) is 11.9 Å². The molecule has 0 fully saturated rings. The van der Waals surface area contributed by atoms with E-state index < -0.39 is 11.8 Å². The second-order valence-electron chi connectivity index (χ2n) is 7.65. The van der Waals surface area contributed by atoms with Crippen molar-refractivity contribution < 1.29 is 19.1 Å². The van der Waals surface area contributed by atoms with Crippen molar-refractivity contribution >= 4 is 39.3 Å². The predicted octanol–water partition coefficient (Wildman–Crippen LogP) is 4.81. The van der Waals surface area contributed by atoms with Gasteiger partial charge in [0.1, 0.15) is 5.75 Å². The zero-order valence-electron chi connectivity index (χ0n) is 18.2. The van der Waals surface area contributed by atoms with E-state index in [1.165, 1.54) is 0 Å². The van der Waals surface area contributed by atoms with Gasteiger partial charge in [-0.05, 0) is 60.5 Å². The Morgan fingerprint density at radius 1 is 0.818 bits per heavy atom. The Balaban J connectivity index is 1.59. The van der Waals surface area contributed by atoms with Gasteiger partial charge in [0.05, 0.1) is 12.2 Å². The van der Waals surface area contributed by atoms with E-state index in [9.17, 15) is 14.4 Å². The summed E-state index contributed by atoms with van der Waals surface area (Å²) in [6, 6.07) is 20.3. The van der Waals surface area contributed by atoms with Gasteiger partial charge in [0.15, 0.2) is 0 Å². The molecule has 3 N–H and O–H groups in total. The number of nitrogens with one attached hydrogen (secondary N) is 3. The van der Waals surface area contributed by atoms with Crippen LogP contribution in [0.5, 0.6) is 5.75 Å². The molecule has 3 aromatic rings. The van der Waals surface area contributed by atoms with E-state index in [2.05, 4.69) is 32.1 Å². The highest BCUT2D eigenvalue weighted by Gasteiger charge is 2.15. The molecule has 0 aliphatic carbocycles. The van der Waals surface area contributed by atoms with Gasteiger partial charge >= 0.3 is 0 Å². The molecule has 33 heavy (non-hydrogen) atoms. The summed E-state index contributed by atoms with van der Waals surface area (Å²) >= 11 is 3.35. The zero-order chi connectivity index (χ0) is 23.8. The fraction of sp³-hybridized carbons (Fsp3) is 0.160. The lowest BCUT2D eigenvalue weighted by atomic mass is 10.1. The summed E-state index contributed by atoms with van der Waals surface area (Å²) < 4.78 is 6.43. The number of amides is 3. The van der Waals surface area contributed by atoms with Crippen molar-refractivity contribution in [1.82, 2.24) is 10.9 Å². The molecular formula is C25H24BrN3O4. The lowest BCUT2D eigenvalue weighted by Crippen LogP contribution is -2.41. The number of ether oxygens (including phenoxy) is 1. The normalized spacial score (nSPS) is 10.4. The molecule has 0 aliphatic rings. The summed E-state index contributed by atoms with van der Waals surface area (Å²) in [5, 5.41) is 2.77. The Labute approximate surface area is 200 Å². The number of halogens is 1. The van der Waals surface area contributed by atoms with Crippen molar-refractivity contribution in [2.45, 2.75) is 13.8 Å². The van der Waals surface area contributed by atoms with Crippen LogP contribution in [0.4, 0.5) is 5.69 Å². The molecule has 0 radical (unpaired) electrons. The lowest BCUT2D eigenvalue weighted by Gasteiger charge is -2.14. The Hall–Kier alpha value is -3.65. The summed E-state index contributed by atoms with van der Waals surface area (Å²) in [7, 11) is 0. The summed E-state index contributed by atoms with van der Waals surface area (Å²) in [5.41, 5.74) is 6.50. The second-order valence-corrected chi connectivity index (χ2v) is 8.57.